The van der Waals surface area contributed by atoms with Gasteiger partial charge in [-0.05, 0) is 75.9 Å². The molecule has 0 fully saturated rings. The van der Waals surface area contributed by atoms with E-state index in [0.717, 1.165) is 33.0 Å². The smallest absolute Gasteiger partial charge is 0.264 e. The van der Waals surface area contributed by atoms with Gasteiger partial charge >= 0.3 is 0 Å². The molecule has 0 aliphatic carbocycles. The van der Waals surface area contributed by atoms with Crippen LogP contribution in [-0.2, 0) is 26.2 Å². The summed E-state index contributed by atoms with van der Waals surface area (Å²) < 4.78 is 29.0. The highest BCUT2D eigenvalue weighted by atomic mass is 32.2. The molecule has 3 aromatic carbocycles. The van der Waals surface area contributed by atoms with Gasteiger partial charge in [0.2, 0.25) is 11.8 Å². The van der Waals surface area contributed by atoms with E-state index in [-0.39, 0.29) is 23.4 Å². The second kappa shape index (κ2) is 13.6. The first-order valence-electron chi connectivity index (χ1n) is 13.8. The Morgan fingerprint density at radius 3 is 1.98 bits per heavy atom. The van der Waals surface area contributed by atoms with Crippen LogP contribution in [0, 0.1) is 20.8 Å². The van der Waals surface area contributed by atoms with E-state index in [4.69, 9.17) is 0 Å². The minimum Gasteiger partial charge on any atom is -0.352 e. The van der Waals surface area contributed by atoms with Gasteiger partial charge < -0.3 is 10.2 Å². The summed E-state index contributed by atoms with van der Waals surface area (Å²) in [6.45, 7) is 11.2. The largest absolute Gasteiger partial charge is 0.352 e. The second-order valence-electron chi connectivity index (χ2n) is 10.4. The van der Waals surface area contributed by atoms with Gasteiger partial charge in [-0.25, -0.2) is 8.42 Å². The molecule has 214 valence electrons. The molecular weight excluding hydrogens is 522 g/mol. The molecule has 7 nitrogen and oxygen atoms in total. The van der Waals surface area contributed by atoms with Crippen LogP contribution in [0.25, 0.3) is 0 Å². The summed E-state index contributed by atoms with van der Waals surface area (Å²) in [7, 11) is -4.09. The fourth-order valence-electron chi connectivity index (χ4n) is 4.40. The molecule has 0 heterocycles. The van der Waals surface area contributed by atoms with Crippen molar-refractivity contribution >= 4 is 27.5 Å². The molecule has 1 N–H and O–H groups in total. The molecule has 0 radical (unpaired) electrons. The lowest BCUT2D eigenvalue weighted by molar-refractivity contribution is -0.140. The van der Waals surface area contributed by atoms with Gasteiger partial charge in [0.1, 0.15) is 12.6 Å². The Morgan fingerprint density at radius 2 is 1.43 bits per heavy atom. The first-order chi connectivity index (χ1) is 19.0. The molecule has 0 saturated carbocycles. The van der Waals surface area contributed by atoms with E-state index in [2.05, 4.69) is 5.32 Å². The lowest BCUT2D eigenvalue weighted by atomic mass is 10.1. The minimum absolute atomic E-state index is 0.0522. The number of hydrogen-bond acceptors (Lipinski definition) is 4. The van der Waals surface area contributed by atoms with Crippen LogP contribution in [-0.4, -0.2) is 43.8 Å². The lowest BCUT2D eigenvalue weighted by Crippen LogP contribution is -2.53. The molecule has 3 aromatic rings. The first kappa shape index (κ1) is 30.9. The van der Waals surface area contributed by atoms with Crippen LogP contribution in [0.4, 0.5) is 5.69 Å². The van der Waals surface area contributed by atoms with Crippen LogP contribution in [0.15, 0.2) is 77.7 Å². The van der Waals surface area contributed by atoms with Crippen LogP contribution >= 0.6 is 0 Å². The number of aryl methyl sites for hydroxylation is 3. The number of rotatable bonds is 12. The van der Waals surface area contributed by atoms with E-state index in [1.165, 1.54) is 4.90 Å². The van der Waals surface area contributed by atoms with E-state index >= 15 is 0 Å². The molecule has 0 saturated heterocycles. The van der Waals surface area contributed by atoms with Gasteiger partial charge in [-0.2, -0.15) is 0 Å². The third-order valence-electron chi connectivity index (χ3n) is 7.04. The summed E-state index contributed by atoms with van der Waals surface area (Å²) in [5, 5.41) is 3.00. The number of carbonyl (C=O) groups excluding carboxylic acids is 2. The monoisotopic (exact) mass is 563 g/mol. The number of carbonyl (C=O) groups is 2. The van der Waals surface area contributed by atoms with Gasteiger partial charge in [0.15, 0.2) is 0 Å². The molecule has 0 bridgehead atoms. The van der Waals surface area contributed by atoms with Crippen molar-refractivity contribution in [3.05, 3.63) is 95.1 Å². The third-order valence-corrected chi connectivity index (χ3v) is 8.83. The SMILES string of the molecule is CC[C@H](C(=O)N[C@@H](C)CC)N(Cc1ccc(C)cc1)C(=O)CN(c1cccc(C)c1)S(=O)(=O)c1ccc(C)cc1. The molecule has 0 aliphatic rings. The van der Waals surface area contributed by atoms with E-state index in [0.29, 0.717) is 12.1 Å². The van der Waals surface area contributed by atoms with Gasteiger partial charge in [-0.3, -0.25) is 13.9 Å². The average molecular weight is 564 g/mol. The summed E-state index contributed by atoms with van der Waals surface area (Å²) in [6, 6.07) is 20.6. The van der Waals surface area contributed by atoms with Gasteiger partial charge in [0.25, 0.3) is 10.0 Å². The van der Waals surface area contributed by atoms with Crippen molar-refractivity contribution < 1.29 is 18.0 Å². The summed E-state index contributed by atoms with van der Waals surface area (Å²) in [6.07, 6.45) is 1.14. The van der Waals surface area contributed by atoms with E-state index < -0.39 is 28.5 Å². The number of hydrogen-bond donors (Lipinski definition) is 1. The minimum atomic E-state index is -4.09. The Hall–Kier alpha value is -3.65. The Balaban J connectivity index is 2.05. The van der Waals surface area contributed by atoms with Crippen LogP contribution in [0.2, 0.25) is 0 Å². The number of sulfonamides is 1. The zero-order valence-electron chi connectivity index (χ0n) is 24.3. The number of amides is 2. The molecule has 0 aliphatic heterocycles. The molecule has 8 heteroatoms. The van der Waals surface area contributed by atoms with Crippen molar-refractivity contribution in [1.82, 2.24) is 10.2 Å². The average Bonchev–Trinajstić information content (AvgIpc) is 2.92. The van der Waals surface area contributed by atoms with Crippen LogP contribution in [0.3, 0.4) is 0 Å². The van der Waals surface area contributed by atoms with E-state index in [1.807, 2.05) is 71.9 Å². The first-order valence-corrected chi connectivity index (χ1v) is 15.2. The molecule has 0 unspecified atom stereocenters. The zero-order chi connectivity index (χ0) is 29.4. The summed E-state index contributed by atoms with van der Waals surface area (Å²) in [5.74, 6) is -0.704. The summed E-state index contributed by atoms with van der Waals surface area (Å²) in [5.41, 5.74) is 4.13. The molecular formula is C32H41N3O4S. The highest BCUT2D eigenvalue weighted by Gasteiger charge is 2.34. The molecule has 40 heavy (non-hydrogen) atoms. The fraction of sp³-hybridized carbons (Fsp3) is 0.375. The quantitative estimate of drug-likeness (QED) is 0.314. The maximum absolute atomic E-state index is 14.1. The van der Waals surface area contributed by atoms with Gasteiger partial charge in [0, 0.05) is 12.6 Å². The highest BCUT2D eigenvalue weighted by molar-refractivity contribution is 7.92. The van der Waals surface area contributed by atoms with Crippen LogP contribution < -0.4 is 9.62 Å². The Labute approximate surface area is 239 Å². The summed E-state index contributed by atoms with van der Waals surface area (Å²) >= 11 is 0. The van der Waals surface area contributed by atoms with Crippen LogP contribution in [0.1, 0.15) is 55.9 Å². The summed E-state index contributed by atoms with van der Waals surface area (Å²) in [4.78, 5) is 29.1. The maximum Gasteiger partial charge on any atom is 0.264 e. The van der Waals surface area contributed by atoms with Crippen molar-refractivity contribution in [1.29, 1.82) is 0 Å². The predicted molar refractivity (Wildman–Crippen MR) is 161 cm³/mol. The van der Waals surface area contributed by atoms with Crippen molar-refractivity contribution in [2.24, 2.45) is 0 Å². The second-order valence-corrected chi connectivity index (χ2v) is 12.3. The molecule has 0 aromatic heterocycles. The Kier molecular flexibility index (Phi) is 10.5. The maximum atomic E-state index is 14.1. The lowest BCUT2D eigenvalue weighted by Gasteiger charge is -2.33. The number of nitrogens with one attached hydrogen (secondary N) is 1. The Bertz CT molecular complexity index is 1400. The van der Waals surface area contributed by atoms with Crippen LogP contribution in [0.5, 0.6) is 0 Å². The standard InChI is InChI=1S/C32H41N3O4S/c1-7-26(6)33-32(37)30(8-2)34(21-27-16-12-23(3)13-17-27)31(36)22-35(28-11-9-10-25(5)20-28)40(38,39)29-18-14-24(4)15-19-29/h9-20,26,30H,7-8,21-22H2,1-6H3,(H,33,37)/t26-,30+/m0/s1. The number of nitrogens with zero attached hydrogens (tertiary/aromatic N) is 2. The number of anilines is 1. The van der Waals surface area contributed by atoms with Crippen molar-refractivity contribution in [3.8, 4) is 0 Å². The van der Waals surface area contributed by atoms with Crippen molar-refractivity contribution in [2.45, 2.75) is 77.9 Å². The third kappa shape index (κ3) is 7.72. The zero-order valence-corrected chi connectivity index (χ0v) is 25.2. The fourth-order valence-corrected chi connectivity index (χ4v) is 5.81. The van der Waals surface area contributed by atoms with E-state index in [9.17, 15) is 18.0 Å². The number of benzene rings is 3. The van der Waals surface area contributed by atoms with Gasteiger partial charge in [0.05, 0.1) is 10.6 Å². The van der Waals surface area contributed by atoms with Crippen molar-refractivity contribution in [2.75, 3.05) is 10.8 Å². The van der Waals surface area contributed by atoms with Crippen molar-refractivity contribution in [3.63, 3.8) is 0 Å². The van der Waals surface area contributed by atoms with Gasteiger partial charge in [-0.1, -0.05) is 73.5 Å². The highest BCUT2D eigenvalue weighted by Crippen LogP contribution is 2.26. The van der Waals surface area contributed by atoms with Gasteiger partial charge in [-0.15, -0.1) is 0 Å². The molecule has 3 rings (SSSR count). The molecule has 2 atom stereocenters. The normalized spacial score (nSPS) is 12.8. The van der Waals surface area contributed by atoms with E-state index in [1.54, 1.807) is 42.5 Å². The molecule has 0 spiro atoms. The topological polar surface area (TPSA) is 86.8 Å². The Morgan fingerprint density at radius 1 is 0.825 bits per heavy atom. The molecule has 2 amide bonds. The predicted octanol–water partition coefficient (Wildman–Crippen LogP) is 5.53.